The molecule has 1 aromatic carbocycles. The predicted molar refractivity (Wildman–Crippen MR) is 90.6 cm³/mol. The fourth-order valence-electron chi connectivity index (χ4n) is 2.11. The van der Waals surface area contributed by atoms with Crippen LogP contribution in [0.5, 0.6) is 5.75 Å². The maximum absolute atomic E-state index is 5.90. The third kappa shape index (κ3) is 5.90. The Hall–Kier alpha value is -2.08. The van der Waals surface area contributed by atoms with Crippen LogP contribution >= 0.6 is 0 Å². The lowest BCUT2D eigenvalue weighted by Gasteiger charge is -2.12. The van der Waals surface area contributed by atoms with Crippen LogP contribution in [0.1, 0.15) is 31.7 Å². The molecule has 1 aromatic heterocycles. The molecule has 126 valence electrons. The van der Waals surface area contributed by atoms with Gasteiger partial charge in [0.05, 0.1) is 13.2 Å². The molecule has 6 heteroatoms. The maximum atomic E-state index is 5.90. The lowest BCUT2D eigenvalue weighted by molar-refractivity contribution is 0.287. The van der Waals surface area contributed by atoms with Gasteiger partial charge in [-0.25, -0.2) is 0 Å². The van der Waals surface area contributed by atoms with E-state index in [1.54, 1.807) is 0 Å². The Morgan fingerprint density at radius 3 is 2.83 bits per heavy atom. The van der Waals surface area contributed by atoms with E-state index in [9.17, 15) is 0 Å². The maximum Gasteiger partial charge on any atom is 0.315 e. The molecule has 0 aliphatic heterocycles. The highest BCUT2D eigenvalue weighted by Crippen LogP contribution is 2.19. The van der Waals surface area contributed by atoms with Crippen LogP contribution in [-0.2, 0) is 13.0 Å². The van der Waals surface area contributed by atoms with Crippen molar-refractivity contribution in [1.82, 2.24) is 15.5 Å². The average Bonchev–Trinajstić information content (AvgIpc) is 2.96. The van der Waals surface area contributed by atoms with Crippen LogP contribution < -0.4 is 15.4 Å². The molecule has 0 unspecified atom stereocenters. The van der Waals surface area contributed by atoms with E-state index < -0.39 is 0 Å². The first-order valence-electron chi connectivity index (χ1n) is 8.10. The molecule has 6 nitrogen and oxygen atoms in total. The Balaban J connectivity index is 1.82. The standard InChI is InChI=1S/C17H26N4O2/c1-13(2)9-11-22-15-7-5-4-6-14(15)8-10-19-17-21-20-16(23-17)12-18-3/h4-7,13,18H,8-12H2,1-3H3,(H,19,21). The summed E-state index contributed by atoms with van der Waals surface area (Å²) >= 11 is 0. The van der Waals surface area contributed by atoms with Crippen molar-refractivity contribution in [2.75, 3.05) is 25.5 Å². The molecule has 1 heterocycles. The van der Waals surface area contributed by atoms with Gasteiger partial charge in [0, 0.05) is 6.54 Å². The van der Waals surface area contributed by atoms with Gasteiger partial charge in [-0.15, -0.1) is 5.10 Å². The number of ether oxygens (including phenoxy) is 1. The Morgan fingerprint density at radius 1 is 1.22 bits per heavy atom. The van der Waals surface area contributed by atoms with E-state index in [0.717, 1.165) is 25.2 Å². The Kier molecular flexibility index (Phi) is 6.87. The van der Waals surface area contributed by atoms with Crippen molar-refractivity contribution in [3.8, 4) is 5.75 Å². The smallest absolute Gasteiger partial charge is 0.315 e. The van der Waals surface area contributed by atoms with E-state index in [-0.39, 0.29) is 0 Å². The molecular weight excluding hydrogens is 292 g/mol. The monoisotopic (exact) mass is 318 g/mol. The van der Waals surface area contributed by atoms with Gasteiger partial charge in [-0.05, 0) is 37.4 Å². The molecule has 0 spiro atoms. The zero-order valence-corrected chi connectivity index (χ0v) is 14.1. The summed E-state index contributed by atoms with van der Waals surface area (Å²) in [5, 5.41) is 14.0. The van der Waals surface area contributed by atoms with Crippen molar-refractivity contribution in [3.63, 3.8) is 0 Å². The molecule has 23 heavy (non-hydrogen) atoms. The quantitative estimate of drug-likeness (QED) is 0.702. The normalized spacial score (nSPS) is 11.0. The molecule has 0 saturated carbocycles. The minimum absolute atomic E-state index is 0.452. The van der Waals surface area contributed by atoms with Gasteiger partial charge in [0.25, 0.3) is 0 Å². The number of rotatable bonds is 10. The van der Waals surface area contributed by atoms with Crippen LogP contribution in [0.15, 0.2) is 28.7 Å². The number of benzene rings is 1. The first kappa shape index (κ1) is 17.3. The van der Waals surface area contributed by atoms with E-state index >= 15 is 0 Å². The summed E-state index contributed by atoms with van der Waals surface area (Å²) < 4.78 is 11.4. The van der Waals surface area contributed by atoms with E-state index in [4.69, 9.17) is 9.15 Å². The topological polar surface area (TPSA) is 72.2 Å². The first-order chi connectivity index (χ1) is 11.2. The second-order valence-corrected chi connectivity index (χ2v) is 5.85. The number of nitrogens with one attached hydrogen (secondary N) is 2. The number of aromatic nitrogens is 2. The molecule has 2 rings (SSSR count). The summed E-state index contributed by atoms with van der Waals surface area (Å²) in [6.07, 6.45) is 1.89. The molecule has 0 aliphatic carbocycles. The van der Waals surface area contributed by atoms with Gasteiger partial charge in [-0.2, -0.15) is 0 Å². The lowest BCUT2D eigenvalue weighted by atomic mass is 10.1. The molecule has 0 aliphatic rings. The highest BCUT2D eigenvalue weighted by Gasteiger charge is 2.06. The van der Waals surface area contributed by atoms with Gasteiger partial charge in [0.2, 0.25) is 5.89 Å². The molecule has 2 N–H and O–H groups in total. The van der Waals surface area contributed by atoms with Crippen molar-refractivity contribution in [3.05, 3.63) is 35.7 Å². The minimum Gasteiger partial charge on any atom is -0.493 e. The second-order valence-electron chi connectivity index (χ2n) is 5.85. The van der Waals surface area contributed by atoms with Gasteiger partial charge in [-0.1, -0.05) is 37.1 Å². The van der Waals surface area contributed by atoms with E-state index in [1.165, 1.54) is 5.56 Å². The largest absolute Gasteiger partial charge is 0.493 e. The van der Waals surface area contributed by atoms with Crippen LogP contribution in [0.2, 0.25) is 0 Å². The Labute approximate surface area is 137 Å². The van der Waals surface area contributed by atoms with Gasteiger partial charge >= 0.3 is 6.01 Å². The summed E-state index contributed by atoms with van der Waals surface area (Å²) in [7, 11) is 1.84. The minimum atomic E-state index is 0.452. The average molecular weight is 318 g/mol. The molecular formula is C17H26N4O2. The molecule has 2 aromatic rings. The van der Waals surface area contributed by atoms with Gasteiger partial charge in [0.1, 0.15) is 5.75 Å². The first-order valence-corrected chi connectivity index (χ1v) is 8.10. The molecule has 0 radical (unpaired) electrons. The Bertz CT molecular complexity index is 583. The van der Waals surface area contributed by atoms with Crippen LogP contribution in [0.3, 0.4) is 0 Å². The van der Waals surface area contributed by atoms with Crippen molar-refractivity contribution < 1.29 is 9.15 Å². The third-order valence-corrected chi connectivity index (χ3v) is 3.39. The Morgan fingerprint density at radius 2 is 2.04 bits per heavy atom. The fraction of sp³-hybridized carbons (Fsp3) is 0.529. The number of hydrogen-bond donors (Lipinski definition) is 2. The molecule has 0 atom stereocenters. The number of anilines is 1. The molecule has 0 saturated heterocycles. The molecule has 0 amide bonds. The van der Waals surface area contributed by atoms with Gasteiger partial charge in [0.15, 0.2) is 0 Å². The lowest BCUT2D eigenvalue weighted by Crippen LogP contribution is -2.08. The molecule has 0 bridgehead atoms. The predicted octanol–water partition coefficient (Wildman–Crippen LogP) is 2.87. The van der Waals surface area contributed by atoms with Gasteiger partial charge in [-0.3, -0.25) is 0 Å². The van der Waals surface area contributed by atoms with Crippen molar-refractivity contribution in [2.45, 2.75) is 33.2 Å². The van der Waals surface area contributed by atoms with Crippen molar-refractivity contribution >= 4 is 6.01 Å². The van der Waals surface area contributed by atoms with E-state index in [2.05, 4.69) is 40.7 Å². The summed E-state index contributed by atoms with van der Waals surface area (Å²) in [4.78, 5) is 0. The zero-order valence-electron chi connectivity index (χ0n) is 14.1. The van der Waals surface area contributed by atoms with Crippen LogP contribution in [0, 0.1) is 5.92 Å². The SMILES string of the molecule is CNCc1nnc(NCCc2ccccc2OCCC(C)C)o1. The van der Waals surface area contributed by atoms with Crippen LogP contribution in [0.4, 0.5) is 6.01 Å². The van der Waals surface area contributed by atoms with Crippen LogP contribution in [0.25, 0.3) is 0 Å². The highest BCUT2D eigenvalue weighted by molar-refractivity contribution is 5.34. The number of nitrogens with zero attached hydrogens (tertiary/aromatic N) is 2. The van der Waals surface area contributed by atoms with Gasteiger partial charge < -0.3 is 19.8 Å². The van der Waals surface area contributed by atoms with Crippen molar-refractivity contribution in [1.29, 1.82) is 0 Å². The summed E-state index contributed by atoms with van der Waals surface area (Å²) in [6, 6.07) is 8.60. The van der Waals surface area contributed by atoms with Crippen LogP contribution in [-0.4, -0.2) is 30.4 Å². The second kappa shape index (κ2) is 9.15. The van der Waals surface area contributed by atoms with E-state index in [1.807, 2.05) is 25.2 Å². The number of para-hydroxylation sites is 1. The summed E-state index contributed by atoms with van der Waals surface area (Å²) in [5.74, 6) is 2.18. The van der Waals surface area contributed by atoms with Crippen molar-refractivity contribution in [2.24, 2.45) is 5.92 Å². The third-order valence-electron chi connectivity index (χ3n) is 3.39. The van der Waals surface area contributed by atoms with E-state index in [0.29, 0.717) is 30.9 Å². The zero-order chi connectivity index (χ0) is 16.5. The molecule has 0 fully saturated rings. The number of hydrogen-bond acceptors (Lipinski definition) is 6. The summed E-state index contributed by atoms with van der Waals surface area (Å²) in [5.41, 5.74) is 1.18. The highest BCUT2D eigenvalue weighted by atomic mass is 16.5. The summed E-state index contributed by atoms with van der Waals surface area (Å²) in [6.45, 7) is 6.43. The fourth-order valence-corrected chi connectivity index (χ4v) is 2.11.